The van der Waals surface area contributed by atoms with Crippen molar-refractivity contribution in [2.75, 3.05) is 29.9 Å². The van der Waals surface area contributed by atoms with E-state index in [4.69, 9.17) is 0 Å². The molecule has 2 aliphatic heterocycles. The number of anilines is 2. The quantitative estimate of drug-likeness (QED) is 0.904. The SMILES string of the molecule is CC(=O)Nc1ccc(N2C[C@H](C(=O)N3C[C@@H](C)C[C@H](C)C3)CC2=O)cc1. The summed E-state index contributed by atoms with van der Waals surface area (Å²) < 4.78 is 0. The van der Waals surface area contributed by atoms with E-state index in [1.807, 2.05) is 4.90 Å². The lowest BCUT2D eigenvalue weighted by Crippen LogP contribution is -2.45. The van der Waals surface area contributed by atoms with Crippen LogP contribution in [0.3, 0.4) is 0 Å². The third kappa shape index (κ3) is 4.06. The molecule has 3 rings (SSSR count). The first-order valence-corrected chi connectivity index (χ1v) is 9.30. The number of amides is 3. The van der Waals surface area contributed by atoms with Gasteiger partial charge in [-0.15, -0.1) is 0 Å². The molecular weight excluding hydrogens is 330 g/mol. The van der Waals surface area contributed by atoms with Gasteiger partial charge in [0.1, 0.15) is 0 Å². The van der Waals surface area contributed by atoms with Gasteiger partial charge in [0.05, 0.1) is 5.92 Å². The van der Waals surface area contributed by atoms with Crippen molar-refractivity contribution < 1.29 is 14.4 Å². The summed E-state index contributed by atoms with van der Waals surface area (Å²) in [5, 5.41) is 2.71. The Morgan fingerprint density at radius 2 is 1.65 bits per heavy atom. The van der Waals surface area contributed by atoms with Gasteiger partial charge in [-0.1, -0.05) is 13.8 Å². The second-order valence-corrected chi connectivity index (χ2v) is 7.82. The number of carbonyl (C=O) groups is 3. The predicted molar refractivity (Wildman–Crippen MR) is 101 cm³/mol. The lowest BCUT2D eigenvalue weighted by atomic mass is 9.91. The van der Waals surface area contributed by atoms with E-state index in [-0.39, 0.29) is 30.1 Å². The van der Waals surface area contributed by atoms with E-state index in [9.17, 15) is 14.4 Å². The van der Waals surface area contributed by atoms with E-state index in [1.165, 1.54) is 6.92 Å². The number of benzene rings is 1. The third-order valence-corrected chi connectivity index (χ3v) is 5.15. The molecule has 0 spiro atoms. The van der Waals surface area contributed by atoms with Gasteiger partial charge in [-0.3, -0.25) is 14.4 Å². The molecule has 26 heavy (non-hydrogen) atoms. The lowest BCUT2D eigenvalue weighted by Gasteiger charge is -2.36. The topological polar surface area (TPSA) is 69.7 Å². The average Bonchev–Trinajstić information content (AvgIpc) is 2.95. The molecule has 3 atom stereocenters. The highest BCUT2D eigenvalue weighted by Crippen LogP contribution is 2.29. The number of nitrogens with one attached hydrogen (secondary N) is 1. The summed E-state index contributed by atoms with van der Waals surface area (Å²) in [4.78, 5) is 40.1. The second-order valence-electron chi connectivity index (χ2n) is 7.82. The van der Waals surface area contributed by atoms with E-state index in [0.29, 0.717) is 24.1 Å². The van der Waals surface area contributed by atoms with Gasteiger partial charge in [-0.25, -0.2) is 0 Å². The number of carbonyl (C=O) groups excluding carboxylic acids is 3. The molecule has 1 aromatic carbocycles. The van der Waals surface area contributed by atoms with Crippen LogP contribution in [0.4, 0.5) is 11.4 Å². The molecule has 0 aliphatic carbocycles. The van der Waals surface area contributed by atoms with Gasteiger partial charge in [-0.2, -0.15) is 0 Å². The average molecular weight is 357 g/mol. The van der Waals surface area contributed by atoms with Crippen molar-refractivity contribution in [1.82, 2.24) is 4.90 Å². The second kappa shape index (κ2) is 7.48. The minimum Gasteiger partial charge on any atom is -0.342 e. The molecule has 3 amide bonds. The molecule has 2 fully saturated rings. The highest BCUT2D eigenvalue weighted by Gasteiger charge is 2.38. The highest BCUT2D eigenvalue weighted by molar-refractivity contribution is 6.00. The minimum absolute atomic E-state index is 0.0197. The zero-order chi connectivity index (χ0) is 18.8. The lowest BCUT2D eigenvalue weighted by molar-refractivity contribution is -0.138. The van der Waals surface area contributed by atoms with Crippen molar-refractivity contribution >= 4 is 29.1 Å². The number of hydrogen-bond donors (Lipinski definition) is 1. The first-order valence-electron chi connectivity index (χ1n) is 9.30. The van der Waals surface area contributed by atoms with Crippen LogP contribution >= 0.6 is 0 Å². The summed E-state index contributed by atoms with van der Waals surface area (Å²) in [5.74, 6) is 0.706. The van der Waals surface area contributed by atoms with Crippen LogP contribution in [0.25, 0.3) is 0 Å². The Balaban J connectivity index is 1.66. The summed E-state index contributed by atoms with van der Waals surface area (Å²) >= 11 is 0. The Morgan fingerprint density at radius 1 is 1.04 bits per heavy atom. The minimum atomic E-state index is -0.268. The molecule has 6 heteroatoms. The zero-order valence-electron chi connectivity index (χ0n) is 15.7. The van der Waals surface area contributed by atoms with E-state index in [0.717, 1.165) is 25.2 Å². The van der Waals surface area contributed by atoms with Crippen molar-refractivity contribution in [2.45, 2.75) is 33.6 Å². The summed E-state index contributed by atoms with van der Waals surface area (Å²) in [6.07, 6.45) is 1.42. The number of likely N-dealkylation sites (tertiary alicyclic amines) is 1. The van der Waals surface area contributed by atoms with Crippen molar-refractivity contribution in [3.63, 3.8) is 0 Å². The predicted octanol–water partition coefficient (Wildman–Crippen LogP) is 2.50. The summed E-state index contributed by atoms with van der Waals surface area (Å²) in [6.45, 7) is 7.82. The van der Waals surface area contributed by atoms with Crippen molar-refractivity contribution in [3.8, 4) is 0 Å². The Kier molecular flexibility index (Phi) is 5.30. The number of piperidine rings is 1. The van der Waals surface area contributed by atoms with E-state index in [2.05, 4.69) is 19.2 Å². The fourth-order valence-corrected chi connectivity index (χ4v) is 4.15. The zero-order valence-corrected chi connectivity index (χ0v) is 15.7. The number of nitrogens with zero attached hydrogens (tertiary/aromatic N) is 2. The van der Waals surface area contributed by atoms with Crippen LogP contribution in [0.1, 0.15) is 33.6 Å². The summed E-state index contributed by atoms with van der Waals surface area (Å²) in [5.41, 5.74) is 1.46. The standard InChI is InChI=1S/C20H27N3O3/c1-13-8-14(2)11-22(10-13)20(26)16-9-19(25)23(12-16)18-6-4-17(5-7-18)21-15(3)24/h4-7,13-14,16H,8-12H2,1-3H3,(H,21,24)/t13-,14-,16+/m0/s1. The Bertz CT molecular complexity index is 691. The van der Waals surface area contributed by atoms with Crippen LogP contribution in [0.2, 0.25) is 0 Å². The van der Waals surface area contributed by atoms with E-state index >= 15 is 0 Å². The van der Waals surface area contributed by atoms with Crippen LogP contribution in [0.15, 0.2) is 24.3 Å². The van der Waals surface area contributed by atoms with Gasteiger partial charge in [0.2, 0.25) is 17.7 Å². The smallest absolute Gasteiger partial charge is 0.228 e. The van der Waals surface area contributed by atoms with Crippen LogP contribution in [0.5, 0.6) is 0 Å². The highest BCUT2D eigenvalue weighted by atomic mass is 16.2. The van der Waals surface area contributed by atoms with Gasteiger partial charge >= 0.3 is 0 Å². The Morgan fingerprint density at radius 3 is 2.23 bits per heavy atom. The van der Waals surface area contributed by atoms with Crippen LogP contribution in [-0.4, -0.2) is 42.3 Å². The van der Waals surface area contributed by atoms with Crippen molar-refractivity contribution in [3.05, 3.63) is 24.3 Å². The van der Waals surface area contributed by atoms with Crippen LogP contribution in [0, 0.1) is 17.8 Å². The largest absolute Gasteiger partial charge is 0.342 e. The monoisotopic (exact) mass is 357 g/mol. The molecule has 0 aromatic heterocycles. The molecule has 2 heterocycles. The number of hydrogen-bond acceptors (Lipinski definition) is 3. The molecular formula is C20H27N3O3. The molecule has 1 N–H and O–H groups in total. The van der Waals surface area contributed by atoms with Gasteiger partial charge in [0, 0.05) is 44.4 Å². The molecule has 0 bridgehead atoms. The molecule has 0 radical (unpaired) electrons. The molecule has 2 aliphatic rings. The molecule has 0 saturated carbocycles. The van der Waals surface area contributed by atoms with Gasteiger partial charge in [-0.05, 0) is 42.5 Å². The number of rotatable bonds is 3. The third-order valence-electron chi connectivity index (χ3n) is 5.15. The molecule has 140 valence electrons. The first kappa shape index (κ1) is 18.4. The molecule has 1 aromatic rings. The Labute approximate surface area is 154 Å². The maximum absolute atomic E-state index is 12.9. The van der Waals surface area contributed by atoms with Gasteiger partial charge < -0.3 is 15.1 Å². The first-order chi connectivity index (χ1) is 12.3. The molecule has 2 saturated heterocycles. The van der Waals surface area contributed by atoms with Gasteiger partial charge in [0.25, 0.3) is 0 Å². The fourth-order valence-electron chi connectivity index (χ4n) is 4.15. The normalized spacial score (nSPS) is 26.1. The fraction of sp³-hybridized carbons (Fsp3) is 0.550. The summed E-state index contributed by atoms with van der Waals surface area (Å²) in [7, 11) is 0. The van der Waals surface area contributed by atoms with Crippen LogP contribution < -0.4 is 10.2 Å². The maximum atomic E-state index is 12.9. The molecule has 6 nitrogen and oxygen atoms in total. The van der Waals surface area contributed by atoms with Crippen molar-refractivity contribution in [2.24, 2.45) is 17.8 Å². The molecule has 0 unspecified atom stereocenters. The summed E-state index contributed by atoms with van der Waals surface area (Å²) in [6, 6.07) is 7.16. The van der Waals surface area contributed by atoms with Crippen molar-refractivity contribution in [1.29, 1.82) is 0 Å². The maximum Gasteiger partial charge on any atom is 0.228 e. The van der Waals surface area contributed by atoms with Gasteiger partial charge in [0.15, 0.2) is 0 Å². The van der Waals surface area contributed by atoms with Crippen LogP contribution in [-0.2, 0) is 14.4 Å². The van der Waals surface area contributed by atoms with E-state index in [1.54, 1.807) is 29.2 Å². The Hall–Kier alpha value is -2.37. The van der Waals surface area contributed by atoms with E-state index < -0.39 is 0 Å².